The Labute approximate surface area is 252 Å². The summed E-state index contributed by atoms with van der Waals surface area (Å²) in [4.78, 5) is 17.4. The Kier molecular flexibility index (Phi) is 9.69. The molecule has 3 heterocycles. The number of nitrogens with one attached hydrogen (secondary N) is 2. The first-order valence-electron chi connectivity index (χ1n) is 14.5. The molecule has 5 rings (SSSR count). The molecule has 0 radical (unpaired) electrons. The van der Waals surface area contributed by atoms with Crippen LogP contribution in [0.2, 0.25) is 0 Å². The summed E-state index contributed by atoms with van der Waals surface area (Å²) in [5.41, 5.74) is 2.49. The highest BCUT2D eigenvalue weighted by Gasteiger charge is 2.49. The highest BCUT2D eigenvalue weighted by molar-refractivity contribution is 7.89. The molecule has 0 saturated carbocycles. The molecule has 2 aromatic carbocycles. The number of benzene rings is 2. The van der Waals surface area contributed by atoms with Gasteiger partial charge in [0.2, 0.25) is 10.0 Å². The maximum atomic E-state index is 13.9. The molecular weight excluding hydrogens is 576 g/mol. The molecular formula is C30H40N4O8S. The van der Waals surface area contributed by atoms with E-state index in [1.54, 1.807) is 25.2 Å². The minimum absolute atomic E-state index is 0.0298. The number of carbonyl (C=O) groups excluding carboxylic acids is 1. The van der Waals surface area contributed by atoms with Crippen molar-refractivity contribution >= 4 is 27.6 Å². The van der Waals surface area contributed by atoms with Crippen LogP contribution in [0.5, 0.6) is 0 Å². The number of sulfonamides is 1. The molecule has 2 saturated heterocycles. The van der Waals surface area contributed by atoms with Crippen LogP contribution >= 0.6 is 0 Å². The molecule has 43 heavy (non-hydrogen) atoms. The highest BCUT2D eigenvalue weighted by Crippen LogP contribution is 2.33. The van der Waals surface area contributed by atoms with Gasteiger partial charge in [0, 0.05) is 32.2 Å². The van der Waals surface area contributed by atoms with Crippen molar-refractivity contribution in [1.29, 1.82) is 0 Å². The number of alkyl carbamates (subject to hydrolysis) is 1. The number of amides is 1. The Hall–Kier alpha value is -3.07. The van der Waals surface area contributed by atoms with Crippen molar-refractivity contribution in [3.05, 3.63) is 59.7 Å². The molecule has 3 aliphatic rings. The molecule has 0 aromatic heterocycles. The van der Waals surface area contributed by atoms with Gasteiger partial charge in [-0.25, -0.2) is 13.2 Å². The van der Waals surface area contributed by atoms with Crippen molar-refractivity contribution in [2.24, 2.45) is 16.8 Å². The largest absolute Gasteiger partial charge is 0.443 e. The summed E-state index contributed by atoms with van der Waals surface area (Å²) in [6.07, 6.45) is -3.51. The number of fused-ring (bicyclic) bond motifs is 2. The van der Waals surface area contributed by atoms with Crippen molar-refractivity contribution in [2.45, 2.75) is 62.2 Å². The molecule has 0 aliphatic carbocycles. The van der Waals surface area contributed by atoms with Gasteiger partial charge in [-0.3, -0.25) is 4.99 Å². The molecule has 2 fully saturated rings. The normalized spacial score (nSPS) is 25.4. The van der Waals surface area contributed by atoms with Crippen molar-refractivity contribution < 1.29 is 37.6 Å². The van der Waals surface area contributed by atoms with Gasteiger partial charge in [0.1, 0.15) is 11.9 Å². The smallest absolute Gasteiger partial charge is 0.407 e. The van der Waals surface area contributed by atoms with E-state index < -0.39 is 52.7 Å². The first-order chi connectivity index (χ1) is 20.5. The second-order valence-electron chi connectivity index (χ2n) is 11.6. The van der Waals surface area contributed by atoms with Gasteiger partial charge in [-0.1, -0.05) is 44.2 Å². The number of aliphatic hydroxyl groups excluding tert-OH is 2. The summed E-state index contributed by atoms with van der Waals surface area (Å²) < 4.78 is 45.6. The molecule has 0 bridgehead atoms. The van der Waals surface area contributed by atoms with Crippen LogP contribution in [0.4, 0.5) is 10.5 Å². The minimum atomic E-state index is -4.00. The molecule has 1 amide bonds. The lowest BCUT2D eigenvalue weighted by atomic mass is 10.0. The molecule has 2 aromatic rings. The van der Waals surface area contributed by atoms with Crippen LogP contribution in [0.25, 0.3) is 0 Å². The van der Waals surface area contributed by atoms with Crippen LogP contribution in [0, 0.1) is 11.8 Å². The number of amidine groups is 1. The van der Waals surface area contributed by atoms with Crippen molar-refractivity contribution in [1.82, 2.24) is 9.62 Å². The topological polar surface area (TPSA) is 159 Å². The van der Waals surface area contributed by atoms with Crippen LogP contribution in [-0.2, 0) is 37.1 Å². The van der Waals surface area contributed by atoms with E-state index in [0.717, 1.165) is 22.6 Å². The van der Waals surface area contributed by atoms with Gasteiger partial charge in [-0.15, -0.1) is 0 Å². The average molecular weight is 617 g/mol. The first-order valence-corrected chi connectivity index (χ1v) is 15.9. The Bertz CT molecular complexity index is 1420. The monoisotopic (exact) mass is 616 g/mol. The zero-order valence-corrected chi connectivity index (χ0v) is 25.4. The molecule has 1 unspecified atom stereocenters. The summed E-state index contributed by atoms with van der Waals surface area (Å²) in [6.45, 7) is 3.90. The summed E-state index contributed by atoms with van der Waals surface area (Å²) >= 11 is 0. The van der Waals surface area contributed by atoms with E-state index in [0.29, 0.717) is 6.42 Å². The number of nitrogens with zero attached hydrogens (tertiary/aromatic N) is 2. The molecule has 4 N–H and O–H groups in total. The van der Waals surface area contributed by atoms with E-state index in [1.807, 2.05) is 44.2 Å². The minimum Gasteiger partial charge on any atom is -0.443 e. The van der Waals surface area contributed by atoms with Gasteiger partial charge in [0.15, 0.2) is 6.29 Å². The van der Waals surface area contributed by atoms with E-state index in [-0.39, 0.29) is 43.5 Å². The van der Waals surface area contributed by atoms with E-state index in [4.69, 9.17) is 14.2 Å². The van der Waals surface area contributed by atoms with Crippen LogP contribution in [-0.4, -0.2) is 98.9 Å². The number of hydrogen-bond acceptors (Lipinski definition) is 9. The predicted octanol–water partition coefficient (Wildman–Crippen LogP) is 1.76. The Morgan fingerprint density at radius 3 is 2.63 bits per heavy atom. The maximum Gasteiger partial charge on any atom is 0.407 e. The SMILES string of the molecule is CN=C1Cc2cc(S(=O)(=O)N(CC(C)C)C[C@@H](O)[C@H](Cc3ccccc3)NC(=O)OC3CO[C@H]4OC[C@H](O)[C@@H]34)ccc2N1. The third-order valence-corrected chi connectivity index (χ3v) is 9.78. The van der Waals surface area contributed by atoms with Crippen molar-refractivity contribution in [2.75, 3.05) is 38.7 Å². The van der Waals surface area contributed by atoms with Crippen molar-refractivity contribution in [3.8, 4) is 0 Å². The summed E-state index contributed by atoms with van der Waals surface area (Å²) in [5.74, 6) is 0.227. The summed E-state index contributed by atoms with van der Waals surface area (Å²) in [6, 6.07) is 13.3. The quantitative estimate of drug-likeness (QED) is 0.295. The third-order valence-electron chi connectivity index (χ3n) is 7.95. The fourth-order valence-corrected chi connectivity index (χ4v) is 7.42. The molecule has 6 atom stereocenters. The molecule has 0 spiro atoms. The number of aliphatic hydroxyl groups is 2. The lowest BCUT2D eigenvalue weighted by molar-refractivity contribution is -0.0911. The van der Waals surface area contributed by atoms with Gasteiger partial charge in [-0.2, -0.15) is 4.31 Å². The van der Waals surface area contributed by atoms with Crippen LogP contribution < -0.4 is 10.6 Å². The van der Waals surface area contributed by atoms with Crippen LogP contribution in [0.3, 0.4) is 0 Å². The van der Waals surface area contributed by atoms with Crippen LogP contribution in [0.1, 0.15) is 25.0 Å². The van der Waals surface area contributed by atoms with E-state index in [2.05, 4.69) is 15.6 Å². The van der Waals surface area contributed by atoms with Gasteiger partial charge < -0.3 is 35.1 Å². The van der Waals surface area contributed by atoms with Gasteiger partial charge in [0.25, 0.3) is 0 Å². The average Bonchev–Trinajstić information content (AvgIpc) is 3.68. The second-order valence-corrected chi connectivity index (χ2v) is 13.6. The fourth-order valence-electron chi connectivity index (χ4n) is 5.74. The highest BCUT2D eigenvalue weighted by atomic mass is 32.2. The Morgan fingerprint density at radius 2 is 1.91 bits per heavy atom. The number of anilines is 1. The lowest BCUT2D eigenvalue weighted by Gasteiger charge is -2.31. The molecule has 12 nitrogen and oxygen atoms in total. The van der Waals surface area contributed by atoms with E-state index in [1.165, 1.54) is 4.31 Å². The van der Waals surface area contributed by atoms with Gasteiger partial charge in [0.05, 0.1) is 42.3 Å². The lowest BCUT2D eigenvalue weighted by Crippen LogP contribution is -2.52. The molecule has 13 heteroatoms. The molecule has 234 valence electrons. The van der Waals surface area contributed by atoms with E-state index >= 15 is 0 Å². The summed E-state index contributed by atoms with van der Waals surface area (Å²) in [5, 5.41) is 27.7. The Morgan fingerprint density at radius 1 is 1.16 bits per heavy atom. The van der Waals surface area contributed by atoms with Crippen molar-refractivity contribution in [3.63, 3.8) is 0 Å². The Balaban J connectivity index is 1.34. The van der Waals surface area contributed by atoms with Crippen LogP contribution in [0.15, 0.2) is 58.4 Å². The van der Waals surface area contributed by atoms with E-state index in [9.17, 15) is 23.4 Å². The molecule has 3 aliphatic heterocycles. The standard InChI is InChI=1S/C30H40N4O8S/c1-18(2)14-34(43(38,39)21-9-10-22-20(12-21)13-27(31-3)32-22)15-24(35)23(11-19-7-5-4-6-8-19)33-30(37)42-26-17-41-29-28(26)25(36)16-40-29/h4-10,12,18,23-26,28-29,35-36H,11,13-17H2,1-3H3,(H,31,32)(H,33,37)/t23-,24+,25-,26?,28-,29+/m0/s1. The number of aliphatic imine (C=N–C) groups is 1. The predicted molar refractivity (Wildman–Crippen MR) is 159 cm³/mol. The van der Waals surface area contributed by atoms with Gasteiger partial charge >= 0.3 is 6.09 Å². The summed E-state index contributed by atoms with van der Waals surface area (Å²) in [7, 11) is -2.32. The first kappa shape index (κ1) is 31.4. The number of carbonyl (C=O) groups is 1. The number of rotatable bonds is 11. The fraction of sp³-hybridized carbons (Fsp3) is 0.533. The zero-order valence-electron chi connectivity index (χ0n) is 24.5. The second kappa shape index (κ2) is 13.3. The van der Waals surface area contributed by atoms with Gasteiger partial charge in [-0.05, 0) is 41.7 Å². The third kappa shape index (κ3) is 7.19. The zero-order chi connectivity index (χ0) is 30.7. The number of ether oxygens (including phenoxy) is 3. The maximum absolute atomic E-state index is 13.9. The number of hydrogen-bond donors (Lipinski definition) is 4.